The monoisotopic (exact) mass is 480 g/mol. The number of benzene rings is 3. The molecule has 0 saturated carbocycles. The third-order valence-corrected chi connectivity index (χ3v) is 6.02. The van der Waals surface area contributed by atoms with Crippen LogP contribution in [0.1, 0.15) is 27.0 Å². The van der Waals surface area contributed by atoms with Crippen LogP contribution in [0.4, 0.5) is 5.69 Å². The van der Waals surface area contributed by atoms with E-state index in [0.29, 0.717) is 23.5 Å². The van der Waals surface area contributed by atoms with Crippen molar-refractivity contribution in [2.75, 3.05) is 18.5 Å². The highest BCUT2D eigenvalue weighted by Gasteiger charge is 2.13. The number of carbonyl (C=O) groups is 2. The summed E-state index contributed by atoms with van der Waals surface area (Å²) in [6.07, 6.45) is 0.737. The van der Waals surface area contributed by atoms with Gasteiger partial charge in [0.1, 0.15) is 5.75 Å². The number of halogens is 1. The van der Waals surface area contributed by atoms with Gasteiger partial charge >= 0.3 is 0 Å². The minimum absolute atomic E-state index is 0.148. The van der Waals surface area contributed by atoms with Crippen molar-refractivity contribution in [3.05, 3.63) is 93.5 Å². The van der Waals surface area contributed by atoms with Gasteiger partial charge in [-0.1, -0.05) is 58.4 Å². The number of anilines is 1. The van der Waals surface area contributed by atoms with Crippen LogP contribution < -0.4 is 15.4 Å². The van der Waals surface area contributed by atoms with Crippen molar-refractivity contribution in [2.45, 2.75) is 20.3 Å². The fourth-order valence-electron chi connectivity index (χ4n) is 3.18. The molecule has 31 heavy (non-hydrogen) atoms. The molecular formula is C25H25BrN2O3. The van der Waals surface area contributed by atoms with E-state index in [9.17, 15) is 9.59 Å². The lowest BCUT2D eigenvalue weighted by Crippen LogP contribution is -2.28. The van der Waals surface area contributed by atoms with Gasteiger partial charge in [-0.05, 0) is 61.2 Å². The lowest BCUT2D eigenvalue weighted by Gasteiger charge is -2.13. The normalized spacial score (nSPS) is 10.4. The van der Waals surface area contributed by atoms with Crippen molar-refractivity contribution in [2.24, 2.45) is 0 Å². The highest BCUT2D eigenvalue weighted by Crippen LogP contribution is 2.26. The van der Waals surface area contributed by atoms with E-state index >= 15 is 0 Å². The van der Waals surface area contributed by atoms with Gasteiger partial charge in [0.15, 0.2) is 6.61 Å². The molecule has 0 aromatic heterocycles. The van der Waals surface area contributed by atoms with Gasteiger partial charge in [-0.25, -0.2) is 0 Å². The molecule has 3 rings (SSSR count). The van der Waals surface area contributed by atoms with Gasteiger partial charge in [0.05, 0.1) is 11.3 Å². The van der Waals surface area contributed by atoms with Crippen LogP contribution in [-0.2, 0) is 11.2 Å². The summed E-state index contributed by atoms with van der Waals surface area (Å²) >= 11 is 3.52. The Kier molecular flexibility index (Phi) is 7.84. The Morgan fingerprint density at radius 2 is 1.58 bits per heavy atom. The Morgan fingerprint density at radius 3 is 2.29 bits per heavy atom. The van der Waals surface area contributed by atoms with Crippen LogP contribution in [0, 0.1) is 13.8 Å². The highest BCUT2D eigenvalue weighted by atomic mass is 79.9. The zero-order valence-electron chi connectivity index (χ0n) is 17.6. The molecular weight excluding hydrogens is 456 g/mol. The maximum atomic E-state index is 12.6. The number of carbonyl (C=O) groups excluding carboxylic acids is 2. The number of nitrogens with one attached hydrogen (secondary N) is 2. The van der Waals surface area contributed by atoms with E-state index in [1.54, 1.807) is 24.3 Å². The van der Waals surface area contributed by atoms with Crippen molar-refractivity contribution in [3.8, 4) is 5.75 Å². The van der Waals surface area contributed by atoms with Crippen molar-refractivity contribution < 1.29 is 14.3 Å². The SMILES string of the molecule is Cc1cc(OCC(=O)Nc2ccccc2C(=O)NCCc2ccccc2)cc(C)c1Br. The van der Waals surface area contributed by atoms with E-state index in [-0.39, 0.29) is 18.4 Å². The quantitative estimate of drug-likeness (QED) is 0.473. The van der Waals surface area contributed by atoms with Gasteiger partial charge in [0, 0.05) is 11.0 Å². The second-order valence-corrected chi connectivity index (χ2v) is 8.04. The van der Waals surface area contributed by atoms with Crippen molar-refractivity contribution >= 4 is 33.4 Å². The molecule has 0 saturated heterocycles. The zero-order chi connectivity index (χ0) is 22.2. The van der Waals surface area contributed by atoms with Gasteiger partial charge in [0.2, 0.25) is 0 Å². The van der Waals surface area contributed by atoms with Gasteiger partial charge in [-0.3, -0.25) is 9.59 Å². The summed E-state index contributed by atoms with van der Waals surface area (Å²) in [6, 6.07) is 20.6. The van der Waals surface area contributed by atoms with Crippen LogP contribution in [-0.4, -0.2) is 25.0 Å². The summed E-state index contributed by atoms with van der Waals surface area (Å²) in [7, 11) is 0. The zero-order valence-corrected chi connectivity index (χ0v) is 19.2. The summed E-state index contributed by atoms with van der Waals surface area (Å²) in [4.78, 5) is 25.0. The number of hydrogen-bond donors (Lipinski definition) is 2. The topological polar surface area (TPSA) is 67.4 Å². The lowest BCUT2D eigenvalue weighted by molar-refractivity contribution is -0.118. The van der Waals surface area contributed by atoms with Crippen molar-refractivity contribution in [1.82, 2.24) is 5.32 Å². The van der Waals surface area contributed by atoms with Gasteiger partial charge in [-0.2, -0.15) is 0 Å². The smallest absolute Gasteiger partial charge is 0.262 e. The molecule has 3 aromatic rings. The van der Waals surface area contributed by atoms with Gasteiger partial charge < -0.3 is 15.4 Å². The number of hydrogen-bond acceptors (Lipinski definition) is 3. The maximum Gasteiger partial charge on any atom is 0.262 e. The minimum atomic E-state index is -0.331. The highest BCUT2D eigenvalue weighted by molar-refractivity contribution is 9.10. The van der Waals surface area contributed by atoms with Crippen molar-refractivity contribution in [3.63, 3.8) is 0 Å². The number of aryl methyl sites for hydroxylation is 2. The number of amides is 2. The predicted molar refractivity (Wildman–Crippen MR) is 127 cm³/mol. The summed E-state index contributed by atoms with van der Waals surface area (Å²) in [5.74, 6) is 0.0648. The van der Waals surface area contributed by atoms with E-state index in [1.165, 1.54) is 0 Å². The van der Waals surface area contributed by atoms with Gasteiger partial charge in [-0.15, -0.1) is 0 Å². The Hall–Kier alpha value is -3.12. The fourth-order valence-corrected chi connectivity index (χ4v) is 3.40. The molecule has 0 atom stereocenters. The summed E-state index contributed by atoms with van der Waals surface area (Å²) in [5, 5.41) is 5.69. The van der Waals surface area contributed by atoms with E-state index in [1.807, 2.05) is 56.3 Å². The standard InChI is InChI=1S/C25H25BrN2O3/c1-17-14-20(15-18(2)24(17)26)31-16-23(29)28-22-11-7-6-10-21(22)25(30)27-13-12-19-8-4-3-5-9-19/h3-11,14-15H,12-13,16H2,1-2H3,(H,27,30)(H,28,29). The van der Waals surface area contributed by atoms with E-state index in [4.69, 9.17) is 4.74 Å². The van der Waals surface area contributed by atoms with E-state index in [0.717, 1.165) is 27.6 Å². The third kappa shape index (κ3) is 6.43. The first-order valence-electron chi connectivity index (χ1n) is 10.0. The Balaban J connectivity index is 1.56. The molecule has 0 spiro atoms. The molecule has 3 aromatic carbocycles. The first-order chi connectivity index (χ1) is 14.9. The molecule has 0 aliphatic carbocycles. The first kappa shape index (κ1) is 22.6. The van der Waals surface area contributed by atoms with Crippen LogP contribution in [0.5, 0.6) is 5.75 Å². The Morgan fingerprint density at radius 1 is 0.935 bits per heavy atom. The molecule has 0 aliphatic heterocycles. The van der Waals surface area contributed by atoms with E-state index < -0.39 is 0 Å². The molecule has 2 N–H and O–H groups in total. The second kappa shape index (κ2) is 10.8. The fraction of sp³-hybridized carbons (Fsp3) is 0.200. The molecule has 0 unspecified atom stereocenters. The van der Waals surface area contributed by atoms with Crippen LogP contribution in [0.3, 0.4) is 0 Å². The molecule has 0 heterocycles. The number of para-hydroxylation sites is 1. The molecule has 2 amide bonds. The van der Waals surface area contributed by atoms with Gasteiger partial charge in [0.25, 0.3) is 11.8 Å². The predicted octanol–water partition coefficient (Wildman–Crippen LogP) is 5.06. The summed E-state index contributed by atoms with van der Waals surface area (Å²) in [5.41, 5.74) is 4.09. The first-order valence-corrected chi connectivity index (χ1v) is 10.8. The maximum absolute atomic E-state index is 12.6. The molecule has 160 valence electrons. The molecule has 0 radical (unpaired) electrons. The van der Waals surface area contributed by atoms with Crippen LogP contribution in [0.25, 0.3) is 0 Å². The minimum Gasteiger partial charge on any atom is -0.484 e. The molecule has 6 heteroatoms. The average Bonchev–Trinajstić information content (AvgIpc) is 2.77. The largest absolute Gasteiger partial charge is 0.484 e. The molecule has 0 bridgehead atoms. The molecule has 5 nitrogen and oxygen atoms in total. The van der Waals surface area contributed by atoms with Crippen LogP contribution >= 0.6 is 15.9 Å². The van der Waals surface area contributed by atoms with Crippen molar-refractivity contribution in [1.29, 1.82) is 0 Å². The summed E-state index contributed by atoms with van der Waals surface area (Å²) in [6.45, 7) is 4.30. The third-order valence-electron chi connectivity index (χ3n) is 4.77. The second-order valence-electron chi connectivity index (χ2n) is 7.24. The van der Waals surface area contributed by atoms with Crippen LogP contribution in [0.2, 0.25) is 0 Å². The average molecular weight is 481 g/mol. The molecule has 0 fully saturated rings. The lowest BCUT2D eigenvalue weighted by atomic mass is 10.1. The van der Waals surface area contributed by atoms with Crippen LogP contribution in [0.15, 0.2) is 71.2 Å². The van der Waals surface area contributed by atoms with E-state index in [2.05, 4.69) is 26.6 Å². The number of ether oxygens (including phenoxy) is 1. The number of rotatable bonds is 8. The Bertz CT molecular complexity index is 1040. The Labute approximate surface area is 191 Å². The molecule has 0 aliphatic rings. The summed E-state index contributed by atoms with van der Waals surface area (Å²) < 4.78 is 6.66.